The Morgan fingerprint density at radius 1 is 1.14 bits per heavy atom. The molecule has 1 N–H and O–H groups in total. The van der Waals surface area contributed by atoms with Crippen molar-refractivity contribution >= 4 is 17.5 Å². The fourth-order valence-corrected chi connectivity index (χ4v) is 4.89. The molecular formula is C29H38FN3O4. The molecule has 0 unspecified atom stereocenters. The molecule has 0 radical (unpaired) electrons. The van der Waals surface area contributed by atoms with Gasteiger partial charge in [-0.15, -0.1) is 0 Å². The number of methoxy groups -OCH3 is 1. The Bertz CT molecular complexity index is 1090. The smallest absolute Gasteiger partial charge is 0.257 e. The maximum Gasteiger partial charge on any atom is 0.257 e. The predicted octanol–water partition coefficient (Wildman–Crippen LogP) is 4.57. The second-order valence-electron chi connectivity index (χ2n) is 10.5. The number of carbonyl (C=O) groups excluding carboxylic acids is 2. The molecule has 37 heavy (non-hydrogen) atoms. The van der Waals surface area contributed by atoms with Gasteiger partial charge in [-0.2, -0.15) is 0 Å². The van der Waals surface area contributed by atoms with Crippen molar-refractivity contribution in [2.75, 3.05) is 39.2 Å². The van der Waals surface area contributed by atoms with Crippen LogP contribution < -0.4 is 10.1 Å². The molecule has 0 bridgehead atoms. The lowest BCUT2D eigenvalue weighted by Crippen LogP contribution is -2.46. The van der Waals surface area contributed by atoms with E-state index >= 15 is 0 Å². The molecule has 2 amide bonds. The molecule has 2 aromatic rings. The molecule has 2 aromatic carbocycles. The summed E-state index contributed by atoms with van der Waals surface area (Å²) in [6.45, 7) is 6.34. The van der Waals surface area contributed by atoms with E-state index in [1.165, 1.54) is 12.1 Å². The summed E-state index contributed by atoms with van der Waals surface area (Å²) in [5.41, 5.74) is 2.02. The highest BCUT2D eigenvalue weighted by Gasteiger charge is 2.29. The van der Waals surface area contributed by atoms with E-state index in [-0.39, 0.29) is 41.6 Å². The minimum atomic E-state index is -0.255. The van der Waals surface area contributed by atoms with Crippen LogP contribution in [-0.4, -0.2) is 67.6 Å². The molecule has 1 saturated carbocycles. The number of halogens is 1. The highest BCUT2D eigenvalue weighted by molar-refractivity contribution is 6.00. The van der Waals surface area contributed by atoms with E-state index in [9.17, 15) is 14.0 Å². The number of likely N-dealkylation sites (N-methyl/N-ethyl adjacent to an activating group) is 1. The maximum absolute atomic E-state index is 13.5. The van der Waals surface area contributed by atoms with Gasteiger partial charge in [0, 0.05) is 51.4 Å². The zero-order valence-electron chi connectivity index (χ0n) is 22.2. The van der Waals surface area contributed by atoms with Crippen LogP contribution in [0, 0.1) is 17.7 Å². The third-order valence-electron chi connectivity index (χ3n) is 7.62. The molecule has 0 saturated heterocycles. The first kappa shape index (κ1) is 27.1. The van der Waals surface area contributed by atoms with E-state index in [1.807, 2.05) is 0 Å². The van der Waals surface area contributed by atoms with Gasteiger partial charge in [0.1, 0.15) is 18.2 Å². The lowest BCUT2D eigenvalue weighted by Gasteiger charge is -2.36. The van der Waals surface area contributed by atoms with Gasteiger partial charge >= 0.3 is 0 Å². The van der Waals surface area contributed by atoms with E-state index in [4.69, 9.17) is 9.47 Å². The number of hydrogen-bond donors (Lipinski definition) is 1. The minimum absolute atomic E-state index is 0.000551. The zero-order chi connectivity index (χ0) is 26.5. The average molecular weight is 512 g/mol. The number of benzene rings is 2. The van der Waals surface area contributed by atoms with E-state index in [0.717, 1.165) is 31.4 Å². The van der Waals surface area contributed by atoms with Crippen molar-refractivity contribution in [1.29, 1.82) is 0 Å². The SMILES string of the molecule is CO[C@H]1CN(C)C(=O)c2cc(NC(=O)C3CCC3)ccc2OC[C@@H](C)N(Cc2ccc(F)cc2)C[C@H]1C. The number of fused-ring (bicyclic) bond motifs is 1. The standard InChI is InChI=1S/C29H38FN3O4/c1-19-15-33(16-21-8-10-23(30)11-9-21)20(2)18-37-26-13-12-24(31-28(34)22-6-5-7-22)14-25(26)29(35)32(3)17-27(19)36-4/h8-14,19-20,22,27H,5-7,15-18H2,1-4H3,(H,31,34)/t19-,20-,27+/m1/s1. The summed E-state index contributed by atoms with van der Waals surface area (Å²) in [6.07, 6.45) is 2.71. The maximum atomic E-state index is 13.5. The monoisotopic (exact) mass is 511 g/mol. The van der Waals surface area contributed by atoms with E-state index in [2.05, 4.69) is 24.1 Å². The molecule has 3 atom stereocenters. The molecule has 1 aliphatic carbocycles. The van der Waals surface area contributed by atoms with Gasteiger partial charge < -0.3 is 19.7 Å². The molecule has 1 fully saturated rings. The van der Waals surface area contributed by atoms with Crippen molar-refractivity contribution in [3.63, 3.8) is 0 Å². The third-order valence-corrected chi connectivity index (χ3v) is 7.62. The molecule has 8 heteroatoms. The molecule has 1 aliphatic heterocycles. The summed E-state index contributed by atoms with van der Waals surface area (Å²) in [7, 11) is 3.43. The second kappa shape index (κ2) is 12.0. The van der Waals surface area contributed by atoms with Gasteiger partial charge in [0.15, 0.2) is 0 Å². The van der Waals surface area contributed by atoms with Crippen molar-refractivity contribution in [3.8, 4) is 5.75 Å². The number of nitrogens with zero attached hydrogens (tertiary/aromatic N) is 2. The predicted molar refractivity (Wildman–Crippen MR) is 141 cm³/mol. The summed E-state index contributed by atoms with van der Waals surface area (Å²) >= 11 is 0. The van der Waals surface area contributed by atoms with Gasteiger partial charge in [0.25, 0.3) is 5.91 Å². The number of anilines is 1. The van der Waals surface area contributed by atoms with Crippen LogP contribution in [0.3, 0.4) is 0 Å². The Labute approximate surface area is 218 Å². The van der Waals surface area contributed by atoms with Gasteiger partial charge in [-0.05, 0) is 61.6 Å². The summed E-state index contributed by atoms with van der Waals surface area (Å²) in [5, 5.41) is 2.96. The second-order valence-corrected chi connectivity index (χ2v) is 10.5. The molecule has 1 heterocycles. The summed E-state index contributed by atoms with van der Waals surface area (Å²) in [5.74, 6) is 0.214. The largest absolute Gasteiger partial charge is 0.491 e. The van der Waals surface area contributed by atoms with Crippen LogP contribution in [-0.2, 0) is 16.1 Å². The van der Waals surface area contributed by atoms with E-state index < -0.39 is 0 Å². The zero-order valence-corrected chi connectivity index (χ0v) is 22.2. The van der Waals surface area contributed by atoms with Crippen molar-refractivity contribution < 1.29 is 23.5 Å². The fraction of sp³-hybridized carbons (Fsp3) is 0.517. The van der Waals surface area contributed by atoms with Gasteiger partial charge in [0.2, 0.25) is 5.91 Å². The van der Waals surface area contributed by atoms with Crippen LogP contribution in [0.4, 0.5) is 10.1 Å². The normalized spacial score (nSPS) is 23.8. The summed E-state index contributed by atoms with van der Waals surface area (Å²) in [4.78, 5) is 30.0. The first-order valence-electron chi connectivity index (χ1n) is 13.1. The quantitative estimate of drug-likeness (QED) is 0.637. The first-order chi connectivity index (χ1) is 17.7. The lowest BCUT2D eigenvalue weighted by atomic mass is 9.85. The molecule has 4 rings (SSSR count). The fourth-order valence-electron chi connectivity index (χ4n) is 4.89. The molecule has 2 aliphatic rings. The average Bonchev–Trinajstić information content (AvgIpc) is 2.84. The molecule has 7 nitrogen and oxygen atoms in total. The molecule has 200 valence electrons. The molecule has 0 aromatic heterocycles. The Balaban J connectivity index is 1.60. The summed E-state index contributed by atoms with van der Waals surface area (Å²) < 4.78 is 25.5. The Kier molecular flexibility index (Phi) is 8.82. The van der Waals surface area contributed by atoms with Gasteiger partial charge in [-0.1, -0.05) is 25.5 Å². The number of ether oxygens (including phenoxy) is 2. The number of carbonyl (C=O) groups is 2. The summed E-state index contributed by atoms with van der Waals surface area (Å²) in [6, 6.07) is 11.8. The van der Waals surface area contributed by atoms with Crippen LogP contribution in [0.1, 0.15) is 49.0 Å². The highest BCUT2D eigenvalue weighted by Crippen LogP contribution is 2.30. The number of hydrogen-bond acceptors (Lipinski definition) is 5. The Morgan fingerprint density at radius 2 is 1.86 bits per heavy atom. The Hall–Kier alpha value is -2.97. The number of nitrogens with one attached hydrogen (secondary N) is 1. The van der Waals surface area contributed by atoms with Crippen molar-refractivity contribution in [2.45, 2.75) is 51.8 Å². The van der Waals surface area contributed by atoms with Gasteiger partial charge in [-0.25, -0.2) is 4.39 Å². The van der Waals surface area contributed by atoms with Gasteiger partial charge in [0.05, 0.1) is 11.7 Å². The highest BCUT2D eigenvalue weighted by atomic mass is 19.1. The number of amides is 2. The Morgan fingerprint density at radius 3 is 2.51 bits per heavy atom. The molecular weight excluding hydrogens is 473 g/mol. The number of rotatable bonds is 5. The third kappa shape index (κ3) is 6.67. The van der Waals surface area contributed by atoms with Crippen LogP contribution in [0.15, 0.2) is 42.5 Å². The van der Waals surface area contributed by atoms with Crippen LogP contribution in [0.2, 0.25) is 0 Å². The van der Waals surface area contributed by atoms with Crippen LogP contribution in [0.5, 0.6) is 5.75 Å². The van der Waals surface area contributed by atoms with Gasteiger partial charge in [-0.3, -0.25) is 14.5 Å². The first-order valence-corrected chi connectivity index (χ1v) is 13.1. The topological polar surface area (TPSA) is 71.1 Å². The lowest BCUT2D eigenvalue weighted by molar-refractivity contribution is -0.122. The van der Waals surface area contributed by atoms with Crippen molar-refractivity contribution in [1.82, 2.24) is 9.80 Å². The van der Waals surface area contributed by atoms with Crippen molar-refractivity contribution in [2.24, 2.45) is 11.8 Å². The van der Waals surface area contributed by atoms with E-state index in [1.54, 1.807) is 49.4 Å². The van der Waals surface area contributed by atoms with Crippen LogP contribution in [0.25, 0.3) is 0 Å². The van der Waals surface area contributed by atoms with E-state index in [0.29, 0.717) is 36.7 Å². The minimum Gasteiger partial charge on any atom is -0.491 e. The van der Waals surface area contributed by atoms with Crippen LogP contribution >= 0.6 is 0 Å². The van der Waals surface area contributed by atoms with Crippen molar-refractivity contribution in [3.05, 3.63) is 59.4 Å². The molecule has 0 spiro atoms.